The lowest BCUT2D eigenvalue weighted by Crippen LogP contribution is -2.39. The van der Waals surface area contributed by atoms with E-state index in [1.54, 1.807) is 17.0 Å². The predicted octanol–water partition coefficient (Wildman–Crippen LogP) is 3.06. The number of hydrogen-bond donors (Lipinski definition) is 2. The van der Waals surface area contributed by atoms with Crippen LogP contribution in [0, 0.1) is 0 Å². The SMILES string of the molecule is CCC(NCC(=O)N(CC)CC)c1cc(Br)ccc1O. The summed E-state index contributed by atoms with van der Waals surface area (Å²) < 4.78 is 0.917. The van der Waals surface area contributed by atoms with Gasteiger partial charge in [0.05, 0.1) is 6.54 Å². The van der Waals surface area contributed by atoms with Gasteiger partial charge < -0.3 is 15.3 Å². The molecule has 0 heterocycles. The number of hydrogen-bond acceptors (Lipinski definition) is 3. The molecule has 4 nitrogen and oxygen atoms in total. The average Bonchev–Trinajstić information content (AvgIpc) is 2.44. The van der Waals surface area contributed by atoms with E-state index in [1.165, 1.54) is 0 Å². The summed E-state index contributed by atoms with van der Waals surface area (Å²) in [5.41, 5.74) is 0.814. The van der Waals surface area contributed by atoms with Crippen molar-refractivity contribution in [2.45, 2.75) is 33.2 Å². The molecule has 0 spiro atoms. The smallest absolute Gasteiger partial charge is 0.236 e. The molecule has 1 aromatic carbocycles. The van der Waals surface area contributed by atoms with Crippen molar-refractivity contribution >= 4 is 21.8 Å². The Hall–Kier alpha value is -1.07. The van der Waals surface area contributed by atoms with Crippen molar-refractivity contribution in [3.05, 3.63) is 28.2 Å². The number of aromatic hydroxyl groups is 1. The number of amides is 1. The molecule has 0 radical (unpaired) electrons. The van der Waals surface area contributed by atoms with E-state index in [-0.39, 0.29) is 24.2 Å². The Balaban J connectivity index is 2.73. The number of halogens is 1. The van der Waals surface area contributed by atoms with Crippen LogP contribution < -0.4 is 5.32 Å². The third-order valence-corrected chi connectivity index (χ3v) is 3.88. The number of rotatable bonds is 7. The number of carbonyl (C=O) groups is 1. The van der Waals surface area contributed by atoms with Gasteiger partial charge in [0.1, 0.15) is 5.75 Å². The fourth-order valence-electron chi connectivity index (χ4n) is 2.18. The summed E-state index contributed by atoms with van der Waals surface area (Å²) in [5, 5.41) is 13.2. The number of benzene rings is 1. The second-order valence-electron chi connectivity index (χ2n) is 4.61. The van der Waals surface area contributed by atoms with Gasteiger partial charge in [0.2, 0.25) is 5.91 Å². The molecule has 1 aromatic rings. The number of likely N-dealkylation sites (N-methyl/N-ethyl adjacent to an activating group) is 1. The quantitative estimate of drug-likeness (QED) is 0.800. The molecule has 2 N–H and O–H groups in total. The van der Waals surface area contributed by atoms with Gasteiger partial charge in [-0.05, 0) is 38.5 Å². The van der Waals surface area contributed by atoms with E-state index in [0.717, 1.165) is 29.5 Å². The first-order valence-corrected chi connectivity index (χ1v) is 7.82. The molecule has 1 unspecified atom stereocenters. The van der Waals surface area contributed by atoms with Crippen molar-refractivity contribution in [3.63, 3.8) is 0 Å². The molecule has 0 aliphatic rings. The van der Waals surface area contributed by atoms with Gasteiger partial charge in [-0.15, -0.1) is 0 Å². The van der Waals surface area contributed by atoms with Crippen molar-refractivity contribution < 1.29 is 9.90 Å². The van der Waals surface area contributed by atoms with Gasteiger partial charge in [0, 0.05) is 29.2 Å². The molecule has 0 bridgehead atoms. The maximum absolute atomic E-state index is 12.0. The van der Waals surface area contributed by atoms with E-state index in [0.29, 0.717) is 0 Å². The maximum atomic E-state index is 12.0. The molecule has 20 heavy (non-hydrogen) atoms. The zero-order valence-corrected chi connectivity index (χ0v) is 13.9. The van der Waals surface area contributed by atoms with Crippen LogP contribution in [0.2, 0.25) is 0 Å². The first-order valence-electron chi connectivity index (χ1n) is 7.02. The Morgan fingerprint density at radius 3 is 2.55 bits per heavy atom. The normalized spacial score (nSPS) is 12.2. The number of nitrogens with one attached hydrogen (secondary N) is 1. The highest BCUT2D eigenvalue weighted by Gasteiger charge is 2.16. The summed E-state index contributed by atoms with van der Waals surface area (Å²) >= 11 is 3.41. The molecule has 0 saturated heterocycles. The summed E-state index contributed by atoms with van der Waals surface area (Å²) in [7, 11) is 0. The lowest BCUT2D eigenvalue weighted by Gasteiger charge is -2.22. The van der Waals surface area contributed by atoms with Gasteiger partial charge in [0.15, 0.2) is 0 Å². The minimum atomic E-state index is -0.0352. The van der Waals surface area contributed by atoms with Crippen LogP contribution in [0.1, 0.15) is 38.8 Å². The summed E-state index contributed by atoms with van der Waals surface area (Å²) in [5.74, 6) is 0.339. The summed E-state index contributed by atoms with van der Waals surface area (Å²) in [4.78, 5) is 13.8. The second kappa shape index (κ2) is 8.27. The minimum Gasteiger partial charge on any atom is -0.508 e. The molecule has 0 aliphatic carbocycles. The first-order chi connectivity index (χ1) is 9.53. The fraction of sp³-hybridized carbons (Fsp3) is 0.533. The standard InChI is InChI=1S/C15H23BrN2O2/c1-4-13(12-9-11(16)7-8-14(12)19)17-10-15(20)18(5-2)6-3/h7-9,13,17,19H,4-6,10H2,1-3H3. The topological polar surface area (TPSA) is 52.6 Å². The first kappa shape index (κ1) is 17.0. The number of phenols is 1. The maximum Gasteiger partial charge on any atom is 0.236 e. The molecule has 1 amide bonds. The van der Waals surface area contributed by atoms with Crippen LogP contribution in [0.15, 0.2) is 22.7 Å². The van der Waals surface area contributed by atoms with Gasteiger partial charge in [-0.3, -0.25) is 4.79 Å². The molecule has 5 heteroatoms. The minimum absolute atomic E-state index is 0.0352. The Morgan fingerprint density at radius 1 is 1.35 bits per heavy atom. The highest BCUT2D eigenvalue weighted by Crippen LogP contribution is 2.29. The molecular weight excluding hydrogens is 320 g/mol. The molecule has 0 saturated carbocycles. The number of nitrogens with zero attached hydrogens (tertiary/aromatic N) is 1. The van der Waals surface area contributed by atoms with Crippen LogP contribution in [0.25, 0.3) is 0 Å². The molecule has 1 rings (SSSR count). The van der Waals surface area contributed by atoms with Crippen LogP contribution in [-0.2, 0) is 4.79 Å². The van der Waals surface area contributed by atoms with E-state index >= 15 is 0 Å². The molecule has 112 valence electrons. The zero-order chi connectivity index (χ0) is 15.1. The number of carbonyl (C=O) groups excluding carboxylic acids is 1. The van der Waals surface area contributed by atoms with Gasteiger partial charge >= 0.3 is 0 Å². The van der Waals surface area contributed by atoms with E-state index in [1.807, 2.05) is 26.8 Å². The van der Waals surface area contributed by atoms with E-state index in [2.05, 4.69) is 21.2 Å². The van der Waals surface area contributed by atoms with Crippen LogP contribution in [-0.4, -0.2) is 35.5 Å². The van der Waals surface area contributed by atoms with E-state index in [9.17, 15) is 9.90 Å². The average molecular weight is 343 g/mol. The Kier molecular flexibility index (Phi) is 7.02. The lowest BCUT2D eigenvalue weighted by molar-refractivity contribution is -0.130. The molecule has 0 aliphatic heterocycles. The Bertz CT molecular complexity index is 447. The summed E-state index contributed by atoms with van der Waals surface area (Å²) in [6, 6.07) is 5.31. The van der Waals surface area contributed by atoms with Crippen LogP contribution in [0.4, 0.5) is 0 Å². The Morgan fingerprint density at radius 2 is 2.00 bits per heavy atom. The van der Waals surface area contributed by atoms with Gasteiger partial charge in [-0.2, -0.15) is 0 Å². The Labute approximate surface area is 129 Å². The van der Waals surface area contributed by atoms with Gasteiger partial charge in [-0.1, -0.05) is 22.9 Å². The van der Waals surface area contributed by atoms with E-state index in [4.69, 9.17) is 0 Å². The van der Waals surface area contributed by atoms with Gasteiger partial charge in [-0.25, -0.2) is 0 Å². The largest absolute Gasteiger partial charge is 0.508 e. The molecular formula is C15H23BrN2O2. The van der Waals surface area contributed by atoms with Crippen molar-refractivity contribution in [3.8, 4) is 5.75 Å². The van der Waals surface area contributed by atoms with Crippen molar-refractivity contribution in [1.29, 1.82) is 0 Å². The highest BCUT2D eigenvalue weighted by atomic mass is 79.9. The monoisotopic (exact) mass is 342 g/mol. The zero-order valence-electron chi connectivity index (χ0n) is 12.3. The molecule has 1 atom stereocenters. The van der Waals surface area contributed by atoms with E-state index < -0.39 is 0 Å². The predicted molar refractivity (Wildman–Crippen MR) is 84.8 cm³/mol. The third-order valence-electron chi connectivity index (χ3n) is 3.39. The van der Waals surface area contributed by atoms with Crippen LogP contribution >= 0.6 is 15.9 Å². The summed E-state index contributed by atoms with van der Waals surface area (Å²) in [6.07, 6.45) is 0.801. The molecule has 0 aromatic heterocycles. The fourth-order valence-corrected chi connectivity index (χ4v) is 2.56. The summed E-state index contributed by atoms with van der Waals surface area (Å²) in [6.45, 7) is 7.69. The van der Waals surface area contributed by atoms with Crippen LogP contribution in [0.5, 0.6) is 5.75 Å². The molecule has 0 fully saturated rings. The van der Waals surface area contributed by atoms with Crippen molar-refractivity contribution in [1.82, 2.24) is 10.2 Å². The third kappa shape index (κ3) is 4.49. The van der Waals surface area contributed by atoms with Crippen molar-refractivity contribution in [2.75, 3.05) is 19.6 Å². The van der Waals surface area contributed by atoms with Crippen LogP contribution in [0.3, 0.4) is 0 Å². The number of phenolic OH excluding ortho intramolecular Hbond substituents is 1. The highest BCUT2D eigenvalue weighted by molar-refractivity contribution is 9.10. The lowest BCUT2D eigenvalue weighted by atomic mass is 10.0. The van der Waals surface area contributed by atoms with Gasteiger partial charge in [0.25, 0.3) is 0 Å². The second-order valence-corrected chi connectivity index (χ2v) is 5.53. The van der Waals surface area contributed by atoms with Crippen molar-refractivity contribution in [2.24, 2.45) is 0 Å².